The fourth-order valence-electron chi connectivity index (χ4n) is 2.06. The third-order valence-corrected chi connectivity index (χ3v) is 3.61. The zero-order valence-corrected chi connectivity index (χ0v) is 15.8. The molecule has 0 saturated carbocycles. The molecule has 7 nitrogen and oxygen atoms in total. The zero-order chi connectivity index (χ0) is 18.9. The van der Waals surface area contributed by atoms with E-state index in [2.05, 4.69) is 20.8 Å². The summed E-state index contributed by atoms with van der Waals surface area (Å²) in [5.41, 5.74) is 0.0771. The Kier molecular flexibility index (Phi) is 9.58. The molecule has 0 spiro atoms. The van der Waals surface area contributed by atoms with Crippen LogP contribution in [0.1, 0.15) is 47.0 Å². The van der Waals surface area contributed by atoms with Crippen molar-refractivity contribution in [2.75, 3.05) is 33.9 Å². The number of carboxylic acid groups (broad SMARTS) is 1. The van der Waals surface area contributed by atoms with Gasteiger partial charge in [0.2, 0.25) is 11.8 Å². The van der Waals surface area contributed by atoms with Crippen LogP contribution < -0.4 is 0 Å². The fourth-order valence-corrected chi connectivity index (χ4v) is 2.06. The molecule has 0 aliphatic rings. The standard InChI is InChI=1S/C17H32N2O5/c1-7-14(20)19(6)13(16(22)23)8-9-15(21)18(5)10-11-24-12-17(2,3)4/h13H,7-12H2,1-6H3,(H,22,23)/t13-/m0/s1. The Morgan fingerprint density at radius 2 is 1.71 bits per heavy atom. The van der Waals surface area contributed by atoms with E-state index >= 15 is 0 Å². The summed E-state index contributed by atoms with van der Waals surface area (Å²) in [6.45, 7) is 9.40. The average molecular weight is 344 g/mol. The molecule has 24 heavy (non-hydrogen) atoms. The van der Waals surface area contributed by atoms with E-state index in [1.165, 1.54) is 16.8 Å². The first kappa shape index (κ1) is 22.4. The van der Waals surface area contributed by atoms with Crippen molar-refractivity contribution in [1.29, 1.82) is 0 Å². The highest BCUT2D eigenvalue weighted by molar-refractivity contribution is 5.84. The van der Waals surface area contributed by atoms with Gasteiger partial charge in [-0.25, -0.2) is 4.79 Å². The van der Waals surface area contributed by atoms with Crippen LogP contribution >= 0.6 is 0 Å². The third kappa shape index (κ3) is 8.86. The van der Waals surface area contributed by atoms with Crippen molar-refractivity contribution in [3.8, 4) is 0 Å². The Hall–Kier alpha value is -1.63. The lowest BCUT2D eigenvalue weighted by Crippen LogP contribution is -2.43. The number of carboxylic acids is 1. The Bertz CT molecular complexity index is 431. The number of carbonyl (C=O) groups is 3. The molecule has 0 aromatic carbocycles. The number of carbonyl (C=O) groups excluding carboxylic acids is 2. The van der Waals surface area contributed by atoms with E-state index in [-0.39, 0.29) is 36.5 Å². The Morgan fingerprint density at radius 1 is 1.12 bits per heavy atom. The molecule has 1 N–H and O–H groups in total. The van der Waals surface area contributed by atoms with Crippen LogP contribution in [0.3, 0.4) is 0 Å². The van der Waals surface area contributed by atoms with E-state index in [1.54, 1.807) is 14.0 Å². The molecule has 0 heterocycles. The first-order valence-electron chi connectivity index (χ1n) is 8.29. The molecular weight excluding hydrogens is 312 g/mol. The number of nitrogens with zero attached hydrogens (tertiary/aromatic N) is 2. The molecule has 0 bridgehead atoms. The van der Waals surface area contributed by atoms with Crippen LogP contribution in [0.4, 0.5) is 0 Å². The minimum atomic E-state index is -1.09. The molecule has 0 aromatic rings. The van der Waals surface area contributed by atoms with E-state index in [0.717, 1.165) is 0 Å². The van der Waals surface area contributed by atoms with Gasteiger partial charge in [-0.1, -0.05) is 27.7 Å². The number of rotatable bonds is 10. The molecule has 0 aliphatic heterocycles. The summed E-state index contributed by atoms with van der Waals surface area (Å²) >= 11 is 0. The van der Waals surface area contributed by atoms with E-state index in [0.29, 0.717) is 19.8 Å². The molecule has 1 atom stereocenters. The topological polar surface area (TPSA) is 87.2 Å². The summed E-state index contributed by atoms with van der Waals surface area (Å²) in [4.78, 5) is 37.8. The van der Waals surface area contributed by atoms with Gasteiger partial charge in [-0.3, -0.25) is 9.59 Å². The maximum Gasteiger partial charge on any atom is 0.326 e. The predicted molar refractivity (Wildman–Crippen MR) is 91.6 cm³/mol. The van der Waals surface area contributed by atoms with Gasteiger partial charge in [0.15, 0.2) is 0 Å². The highest BCUT2D eigenvalue weighted by Crippen LogP contribution is 2.13. The van der Waals surface area contributed by atoms with E-state index in [9.17, 15) is 19.5 Å². The number of hydrogen-bond acceptors (Lipinski definition) is 4. The predicted octanol–water partition coefficient (Wildman–Crippen LogP) is 1.61. The van der Waals surface area contributed by atoms with Crippen LogP contribution in [0.2, 0.25) is 0 Å². The van der Waals surface area contributed by atoms with Gasteiger partial charge in [0.05, 0.1) is 13.2 Å². The lowest BCUT2D eigenvalue weighted by Gasteiger charge is -2.25. The minimum Gasteiger partial charge on any atom is -0.480 e. The summed E-state index contributed by atoms with van der Waals surface area (Å²) in [7, 11) is 3.12. The van der Waals surface area contributed by atoms with Crippen molar-refractivity contribution in [3.63, 3.8) is 0 Å². The molecule has 0 unspecified atom stereocenters. The van der Waals surface area contributed by atoms with Crippen LogP contribution in [-0.4, -0.2) is 72.6 Å². The summed E-state index contributed by atoms with van der Waals surface area (Å²) in [5, 5.41) is 9.25. The number of likely N-dealkylation sites (N-methyl/N-ethyl adjacent to an activating group) is 2. The Morgan fingerprint density at radius 3 is 2.17 bits per heavy atom. The molecule has 0 radical (unpaired) electrons. The van der Waals surface area contributed by atoms with Crippen LogP contribution in [0.5, 0.6) is 0 Å². The minimum absolute atomic E-state index is 0.0771. The van der Waals surface area contributed by atoms with Crippen molar-refractivity contribution in [1.82, 2.24) is 9.80 Å². The lowest BCUT2D eigenvalue weighted by molar-refractivity contribution is -0.149. The van der Waals surface area contributed by atoms with Gasteiger partial charge in [0.25, 0.3) is 0 Å². The quantitative estimate of drug-likeness (QED) is 0.608. The smallest absolute Gasteiger partial charge is 0.326 e. The van der Waals surface area contributed by atoms with Gasteiger partial charge >= 0.3 is 5.97 Å². The molecule has 0 saturated heterocycles. The van der Waals surface area contributed by atoms with Crippen LogP contribution in [0, 0.1) is 5.41 Å². The molecule has 0 aromatic heterocycles. The average Bonchev–Trinajstić information content (AvgIpc) is 2.48. The highest BCUT2D eigenvalue weighted by atomic mass is 16.5. The maximum absolute atomic E-state index is 12.1. The van der Waals surface area contributed by atoms with E-state index in [4.69, 9.17) is 4.74 Å². The Labute approximate surface area is 144 Å². The van der Waals surface area contributed by atoms with Crippen LogP contribution in [0.15, 0.2) is 0 Å². The van der Waals surface area contributed by atoms with Crippen molar-refractivity contribution in [2.24, 2.45) is 5.41 Å². The number of hydrogen-bond donors (Lipinski definition) is 1. The summed E-state index contributed by atoms with van der Waals surface area (Å²) < 4.78 is 5.53. The molecule has 0 fully saturated rings. The van der Waals surface area contributed by atoms with Crippen molar-refractivity contribution in [2.45, 2.75) is 53.0 Å². The second-order valence-electron chi connectivity index (χ2n) is 7.18. The molecule has 0 rings (SSSR count). The van der Waals surface area contributed by atoms with Gasteiger partial charge < -0.3 is 19.6 Å². The van der Waals surface area contributed by atoms with Gasteiger partial charge in [-0.15, -0.1) is 0 Å². The molecule has 2 amide bonds. The number of aliphatic carboxylic acids is 1. The van der Waals surface area contributed by atoms with Crippen LogP contribution in [0.25, 0.3) is 0 Å². The second kappa shape index (κ2) is 10.3. The van der Waals surface area contributed by atoms with Crippen LogP contribution in [-0.2, 0) is 19.1 Å². The first-order valence-corrected chi connectivity index (χ1v) is 8.29. The van der Waals surface area contributed by atoms with Crippen molar-refractivity contribution < 1.29 is 24.2 Å². The van der Waals surface area contributed by atoms with Crippen molar-refractivity contribution >= 4 is 17.8 Å². The van der Waals surface area contributed by atoms with Gasteiger partial charge in [0.1, 0.15) is 6.04 Å². The largest absolute Gasteiger partial charge is 0.480 e. The van der Waals surface area contributed by atoms with Gasteiger partial charge in [-0.2, -0.15) is 0 Å². The van der Waals surface area contributed by atoms with Gasteiger partial charge in [0, 0.05) is 33.5 Å². The molecular formula is C17H32N2O5. The normalized spacial score (nSPS) is 12.6. The first-order chi connectivity index (χ1) is 11.0. The lowest BCUT2D eigenvalue weighted by atomic mass is 9.99. The van der Waals surface area contributed by atoms with E-state index in [1.807, 2.05) is 0 Å². The number of amides is 2. The van der Waals surface area contributed by atoms with E-state index < -0.39 is 12.0 Å². The Balaban J connectivity index is 4.33. The molecule has 7 heteroatoms. The summed E-state index contributed by atoms with van der Waals surface area (Å²) in [6, 6.07) is -0.980. The second-order valence-corrected chi connectivity index (χ2v) is 7.18. The van der Waals surface area contributed by atoms with Crippen molar-refractivity contribution in [3.05, 3.63) is 0 Å². The third-order valence-electron chi connectivity index (χ3n) is 3.61. The maximum atomic E-state index is 12.1. The SMILES string of the molecule is CCC(=O)N(C)[C@@H](CCC(=O)N(C)CCOCC(C)(C)C)C(=O)O. The van der Waals surface area contributed by atoms with Gasteiger partial charge in [-0.05, 0) is 11.8 Å². The summed E-state index contributed by atoms with van der Waals surface area (Å²) in [5.74, 6) is -1.50. The fraction of sp³-hybridized carbons (Fsp3) is 0.824. The highest BCUT2D eigenvalue weighted by Gasteiger charge is 2.26. The zero-order valence-electron chi connectivity index (χ0n) is 15.8. The summed E-state index contributed by atoms with van der Waals surface area (Å²) in [6.07, 6.45) is 0.414. The number of ether oxygens (including phenoxy) is 1. The molecule has 140 valence electrons. The molecule has 0 aliphatic carbocycles. The monoisotopic (exact) mass is 344 g/mol.